The van der Waals surface area contributed by atoms with E-state index in [1.165, 1.54) is 57.8 Å². The minimum absolute atomic E-state index is 0.392. The molecule has 0 fully saturated rings. The van der Waals surface area contributed by atoms with Crippen molar-refractivity contribution in [1.82, 2.24) is 0 Å². The first-order valence-corrected chi connectivity index (χ1v) is 8.96. The van der Waals surface area contributed by atoms with Gasteiger partial charge in [-0.15, -0.1) is 0 Å². The van der Waals surface area contributed by atoms with Crippen LogP contribution in [0.25, 0.3) is 0 Å². The van der Waals surface area contributed by atoms with E-state index in [1.54, 1.807) is 6.26 Å². The van der Waals surface area contributed by atoms with Crippen LogP contribution in [0.1, 0.15) is 89.2 Å². The fraction of sp³-hybridized carbons (Fsp3) is 0.765. The summed E-state index contributed by atoms with van der Waals surface area (Å²) in [7, 11) is 0. The summed E-state index contributed by atoms with van der Waals surface area (Å²) in [4.78, 5) is 0. The first-order valence-electron chi connectivity index (χ1n) is 8.16. The van der Waals surface area contributed by atoms with E-state index in [2.05, 4.69) is 22.9 Å². The molecular formula is C17H29BrO2. The van der Waals surface area contributed by atoms with Crippen molar-refractivity contribution in [3.63, 3.8) is 0 Å². The van der Waals surface area contributed by atoms with Gasteiger partial charge in [0.25, 0.3) is 0 Å². The van der Waals surface area contributed by atoms with Gasteiger partial charge in [0.05, 0.1) is 12.4 Å². The molecule has 0 spiro atoms. The number of aliphatic hydroxyl groups is 1. The predicted molar refractivity (Wildman–Crippen MR) is 87.8 cm³/mol. The van der Waals surface area contributed by atoms with Crippen molar-refractivity contribution < 1.29 is 9.52 Å². The van der Waals surface area contributed by atoms with Gasteiger partial charge in [-0.05, 0) is 28.4 Å². The Morgan fingerprint density at radius 1 is 1.00 bits per heavy atom. The van der Waals surface area contributed by atoms with Crippen molar-refractivity contribution in [2.75, 3.05) is 0 Å². The first kappa shape index (κ1) is 17.8. The number of halogens is 1. The van der Waals surface area contributed by atoms with E-state index in [9.17, 15) is 5.11 Å². The second-order valence-corrected chi connectivity index (χ2v) is 6.36. The molecule has 0 aliphatic rings. The molecule has 0 radical (unpaired) electrons. The highest BCUT2D eigenvalue weighted by molar-refractivity contribution is 9.10. The number of furan rings is 1. The average Bonchev–Trinajstić information content (AvgIpc) is 2.87. The zero-order chi connectivity index (χ0) is 14.6. The third-order valence-electron chi connectivity index (χ3n) is 3.84. The van der Waals surface area contributed by atoms with Crippen molar-refractivity contribution in [3.05, 3.63) is 22.6 Å². The molecular weight excluding hydrogens is 316 g/mol. The molecule has 0 amide bonds. The Hall–Kier alpha value is -0.280. The van der Waals surface area contributed by atoms with Gasteiger partial charge < -0.3 is 9.52 Å². The van der Waals surface area contributed by atoms with Gasteiger partial charge in [-0.1, -0.05) is 71.1 Å². The van der Waals surface area contributed by atoms with Crippen LogP contribution in [0.15, 0.2) is 21.4 Å². The van der Waals surface area contributed by atoms with Crippen LogP contribution in [0.4, 0.5) is 0 Å². The first-order chi connectivity index (χ1) is 9.75. The molecule has 1 aromatic heterocycles. The molecule has 2 nitrogen and oxygen atoms in total. The molecule has 1 unspecified atom stereocenters. The summed E-state index contributed by atoms with van der Waals surface area (Å²) in [5.41, 5.74) is 0.876. The Labute approximate surface area is 132 Å². The number of unbranched alkanes of at least 4 members (excludes halogenated alkanes) is 9. The number of hydrogen-bond acceptors (Lipinski definition) is 2. The minimum Gasteiger partial charge on any atom is -0.457 e. The second kappa shape index (κ2) is 11.4. The topological polar surface area (TPSA) is 33.4 Å². The summed E-state index contributed by atoms with van der Waals surface area (Å²) >= 11 is 3.31. The SMILES string of the molecule is CCCCCCCCCCCCC(O)c1ccoc1Br. The fourth-order valence-corrected chi connectivity index (χ4v) is 3.03. The van der Waals surface area contributed by atoms with Gasteiger partial charge in [-0.3, -0.25) is 0 Å². The Kier molecular flexibility index (Phi) is 10.1. The molecule has 0 saturated heterocycles. The van der Waals surface area contributed by atoms with Crippen LogP contribution in [-0.4, -0.2) is 5.11 Å². The Morgan fingerprint density at radius 3 is 2.05 bits per heavy atom. The van der Waals surface area contributed by atoms with Crippen LogP contribution in [-0.2, 0) is 0 Å². The molecule has 0 saturated carbocycles. The Morgan fingerprint density at radius 2 is 1.55 bits per heavy atom. The molecule has 0 aliphatic heterocycles. The average molecular weight is 345 g/mol. The third-order valence-corrected chi connectivity index (χ3v) is 4.48. The smallest absolute Gasteiger partial charge is 0.174 e. The standard InChI is InChI=1S/C17H29BrO2/c1-2-3-4-5-6-7-8-9-10-11-12-16(19)15-13-14-20-17(15)18/h13-14,16,19H,2-12H2,1H3. The van der Waals surface area contributed by atoms with E-state index in [4.69, 9.17) is 4.42 Å². The molecule has 1 atom stereocenters. The Balaban J connectivity index is 1.91. The summed E-state index contributed by atoms with van der Waals surface area (Å²) in [6, 6.07) is 1.84. The van der Waals surface area contributed by atoms with E-state index >= 15 is 0 Å². The highest BCUT2D eigenvalue weighted by atomic mass is 79.9. The number of hydrogen-bond donors (Lipinski definition) is 1. The molecule has 20 heavy (non-hydrogen) atoms. The maximum absolute atomic E-state index is 10.0. The van der Waals surface area contributed by atoms with Crippen LogP contribution in [0, 0.1) is 0 Å². The summed E-state index contributed by atoms with van der Waals surface area (Å²) in [6.45, 7) is 2.26. The molecule has 1 heterocycles. The van der Waals surface area contributed by atoms with Gasteiger partial charge in [0.15, 0.2) is 4.67 Å². The van der Waals surface area contributed by atoms with Gasteiger partial charge in [0.1, 0.15) is 0 Å². The van der Waals surface area contributed by atoms with Crippen molar-refractivity contribution in [3.8, 4) is 0 Å². The highest BCUT2D eigenvalue weighted by Gasteiger charge is 2.12. The van der Waals surface area contributed by atoms with Gasteiger partial charge in [-0.2, -0.15) is 0 Å². The molecule has 0 aromatic carbocycles. The fourth-order valence-electron chi connectivity index (χ4n) is 2.52. The molecule has 0 aliphatic carbocycles. The zero-order valence-electron chi connectivity index (χ0n) is 12.7. The second-order valence-electron chi connectivity index (χ2n) is 5.64. The van der Waals surface area contributed by atoms with Crippen molar-refractivity contribution in [2.45, 2.75) is 83.7 Å². The quantitative estimate of drug-likeness (QED) is 0.446. The van der Waals surface area contributed by atoms with Crippen LogP contribution in [0.5, 0.6) is 0 Å². The summed E-state index contributed by atoms with van der Waals surface area (Å²) < 4.78 is 5.81. The lowest BCUT2D eigenvalue weighted by Gasteiger charge is -2.08. The van der Waals surface area contributed by atoms with Crippen LogP contribution in [0.3, 0.4) is 0 Å². The van der Waals surface area contributed by atoms with Gasteiger partial charge in [0, 0.05) is 5.56 Å². The lowest BCUT2D eigenvalue weighted by Crippen LogP contribution is -1.96. The third kappa shape index (κ3) is 7.49. The van der Waals surface area contributed by atoms with Crippen molar-refractivity contribution in [2.24, 2.45) is 0 Å². The van der Waals surface area contributed by atoms with Gasteiger partial charge >= 0.3 is 0 Å². The molecule has 0 bridgehead atoms. The van der Waals surface area contributed by atoms with Gasteiger partial charge in [0.2, 0.25) is 0 Å². The van der Waals surface area contributed by atoms with Crippen molar-refractivity contribution in [1.29, 1.82) is 0 Å². The lowest BCUT2D eigenvalue weighted by atomic mass is 10.0. The summed E-state index contributed by atoms with van der Waals surface area (Å²) in [5, 5.41) is 10.0. The predicted octanol–water partition coefficient (Wildman–Crippen LogP) is 6.39. The van der Waals surface area contributed by atoms with Gasteiger partial charge in [-0.25, -0.2) is 0 Å². The molecule has 116 valence electrons. The Bertz CT molecular complexity index is 335. The highest BCUT2D eigenvalue weighted by Crippen LogP contribution is 2.28. The zero-order valence-corrected chi connectivity index (χ0v) is 14.3. The largest absolute Gasteiger partial charge is 0.457 e. The van der Waals surface area contributed by atoms with Crippen LogP contribution < -0.4 is 0 Å². The van der Waals surface area contributed by atoms with E-state index in [-0.39, 0.29) is 0 Å². The lowest BCUT2D eigenvalue weighted by molar-refractivity contribution is 0.161. The molecule has 1 rings (SSSR count). The normalized spacial score (nSPS) is 12.8. The number of aliphatic hydroxyl groups excluding tert-OH is 1. The van der Waals surface area contributed by atoms with Crippen molar-refractivity contribution >= 4 is 15.9 Å². The molecule has 1 aromatic rings. The monoisotopic (exact) mass is 344 g/mol. The van der Waals surface area contributed by atoms with Crippen LogP contribution >= 0.6 is 15.9 Å². The maximum atomic E-state index is 10.0. The van der Waals surface area contributed by atoms with E-state index in [1.807, 2.05) is 6.07 Å². The number of rotatable bonds is 12. The van der Waals surface area contributed by atoms with E-state index < -0.39 is 6.10 Å². The maximum Gasteiger partial charge on any atom is 0.174 e. The minimum atomic E-state index is -0.392. The van der Waals surface area contributed by atoms with E-state index in [0.29, 0.717) is 4.67 Å². The van der Waals surface area contributed by atoms with Crippen LogP contribution in [0.2, 0.25) is 0 Å². The molecule has 1 N–H and O–H groups in total. The summed E-state index contributed by atoms with van der Waals surface area (Å²) in [5.74, 6) is 0. The molecule has 3 heteroatoms. The van der Waals surface area contributed by atoms with E-state index in [0.717, 1.165) is 18.4 Å². The summed E-state index contributed by atoms with van der Waals surface area (Å²) in [6.07, 6.45) is 15.3.